The Labute approximate surface area is 200 Å². The van der Waals surface area contributed by atoms with Gasteiger partial charge in [0.25, 0.3) is 0 Å². The number of rotatable bonds is 12. The minimum Gasteiger partial charge on any atom is -0.497 e. The Morgan fingerprint density at radius 2 is 1.82 bits per heavy atom. The lowest BCUT2D eigenvalue weighted by atomic mass is 10.1. The number of anilines is 1. The summed E-state index contributed by atoms with van der Waals surface area (Å²) in [5.74, 6) is -0.393. The van der Waals surface area contributed by atoms with E-state index < -0.39 is 21.9 Å². The fourth-order valence-corrected chi connectivity index (χ4v) is 4.45. The highest BCUT2D eigenvalue weighted by Gasteiger charge is 2.26. The van der Waals surface area contributed by atoms with Crippen LogP contribution >= 0.6 is 0 Å². The molecule has 0 aromatic heterocycles. The molecule has 34 heavy (non-hydrogen) atoms. The Kier molecular flexibility index (Phi) is 9.85. The molecular formula is C24H32FN3O5S. The molecule has 0 radical (unpaired) electrons. The number of carbonyl (C=O) groups is 2. The van der Waals surface area contributed by atoms with Crippen LogP contribution in [0.1, 0.15) is 32.3 Å². The molecule has 2 aromatic carbocycles. The van der Waals surface area contributed by atoms with Crippen molar-refractivity contribution >= 4 is 27.5 Å². The third-order valence-electron chi connectivity index (χ3n) is 5.27. The van der Waals surface area contributed by atoms with Crippen molar-refractivity contribution in [1.82, 2.24) is 10.2 Å². The zero-order valence-corrected chi connectivity index (χ0v) is 20.8. The lowest BCUT2D eigenvalue weighted by Crippen LogP contribution is -2.47. The molecule has 2 amide bonds. The van der Waals surface area contributed by atoms with Crippen LogP contribution in [-0.2, 0) is 26.2 Å². The highest BCUT2D eigenvalue weighted by Crippen LogP contribution is 2.20. The summed E-state index contributed by atoms with van der Waals surface area (Å²) in [6.45, 7) is 4.13. The van der Waals surface area contributed by atoms with Crippen molar-refractivity contribution in [1.29, 1.82) is 0 Å². The van der Waals surface area contributed by atoms with E-state index in [4.69, 9.17) is 4.74 Å². The van der Waals surface area contributed by atoms with Crippen molar-refractivity contribution in [2.75, 3.05) is 30.8 Å². The maximum atomic E-state index is 13.3. The molecule has 0 heterocycles. The Bertz CT molecular complexity index is 1080. The maximum absolute atomic E-state index is 13.3. The lowest BCUT2D eigenvalue weighted by molar-refractivity contribution is -0.140. The van der Waals surface area contributed by atoms with Crippen LogP contribution in [0.5, 0.6) is 5.75 Å². The number of nitrogens with zero attached hydrogens (tertiary/aromatic N) is 2. The standard InChI is InChI=1S/C24H32FN3O5S/c1-5-26-24(30)18(2)27(17-19-8-6-9-22(16-19)33-3)23(29)10-7-15-28(34(4,31)32)21-13-11-20(25)12-14-21/h6,8-9,11-14,16,18H,5,7,10,15,17H2,1-4H3,(H,26,30). The molecular weight excluding hydrogens is 461 g/mol. The van der Waals surface area contributed by atoms with Crippen molar-refractivity contribution in [3.8, 4) is 5.75 Å². The minimum absolute atomic E-state index is 0.0287. The van der Waals surface area contributed by atoms with Gasteiger partial charge < -0.3 is 15.0 Å². The zero-order valence-electron chi connectivity index (χ0n) is 20.0. The van der Waals surface area contributed by atoms with E-state index >= 15 is 0 Å². The molecule has 2 aromatic rings. The Balaban J connectivity index is 2.16. The predicted octanol–water partition coefficient (Wildman–Crippen LogP) is 2.93. The molecule has 2 rings (SSSR count). The first-order valence-corrected chi connectivity index (χ1v) is 12.8. The third-order valence-corrected chi connectivity index (χ3v) is 6.47. The third kappa shape index (κ3) is 7.72. The highest BCUT2D eigenvalue weighted by atomic mass is 32.2. The van der Waals surface area contributed by atoms with E-state index in [1.54, 1.807) is 39.2 Å². The summed E-state index contributed by atoms with van der Waals surface area (Å²) in [5, 5.41) is 2.73. The highest BCUT2D eigenvalue weighted by molar-refractivity contribution is 7.92. The largest absolute Gasteiger partial charge is 0.497 e. The summed E-state index contributed by atoms with van der Waals surface area (Å²) in [6, 6.07) is 11.6. The van der Waals surface area contributed by atoms with E-state index in [-0.39, 0.29) is 37.7 Å². The summed E-state index contributed by atoms with van der Waals surface area (Å²) < 4.78 is 44.2. The molecule has 1 unspecified atom stereocenters. The topological polar surface area (TPSA) is 96.0 Å². The average Bonchev–Trinajstić information content (AvgIpc) is 2.80. The number of hydrogen-bond donors (Lipinski definition) is 1. The number of nitrogens with one attached hydrogen (secondary N) is 1. The van der Waals surface area contributed by atoms with E-state index in [0.29, 0.717) is 18.0 Å². The number of amides is 2. The smallest absolute Gasteiger partial charge is 0.242 e. The molecule has 0 aliphatic rings. The Hall–Kier alpha value is -3.14. The molecule has 0 aliphatic heterocycles. The predicted molar refractivity (Wildman–Crippen MR) is 130 cm³/mol. The van der Waals surface area contributed by atoms with Gasteiger partial charge in [0.2, 0.25) is 21.8 Å². The van der Waals surface area contributed by atoms with Gasteiger partial charge in [-0.15, -0.1) is 0 Å². The molecule has 0 aliphatic carbocycles. The number of benzene rings is 2. The van der Waals surface area contributed by atoms with Gasteiger partial charge in [0, 0.05) is 26.1 Å². The van der Waals surface area contributed by atoms with Gasteiger partial charge >= 0.3 is 0 Å². The lowest BCUT2D eigenvalue weighted by Gasteiger charge is -2.29. The van der Waals surface area contributed by atoms with Crippen LogP contribution in [0.3, 0.4) is 0 Å². The molecule has 0 bridgehead atoms. The Morgan fingerprint density at radius 1 is 1.15 bits per heavy atom. The summed E-state index contributed by atoms with van der Waals surface area (Å²) in [7, 11) is -2.08. The van der Waals surface area contributed by atoms with Gasteiger partial charge in [-0.05, 0) is 62.2 Å². The molecule has 0 fully saturated rings. The molecule has 1 N–H and O–H groups in total. The van der Waals surface area contributed by atoms with Gasteiger partial charge in [-0.1, -0.05) is 12.1 Å². The zero-order chi connectivity index (χ0) is 25.3. The van der Waals surface area contributed by atoms with Gasteiger partial charge in [0.1, 0.15) is 17.6 Å². The molecule has 1 atom stereocenters. The Morgan fingerprint density at radius 3 is 2.41 bits per heavy atom. The normalized spacial score (nSPS) is 12.0. The van der Waals surface area contributed by atoms with E-state index in [0.717, 1.165) is 16.1 Å². The van der Waals surface area contributed by atoms with Crippen LogP contribution in [0.2, 0.25) is 0 Å². The molecule has 186 valence electrons. The number of methoxy groups -OCH3 is 1. The number of ether oxygens (including phenoxy) is 1. The molecule has 8 nitrogen and oxygen atoms in total. The van der Waals surface area contributed by atoms with Crippen molar-refractivity contribution in [3.05, 3.63) is 59.9 Å². The number of sulfonamides is 1. The van der Waals surface area contributed by atoms with Crippen LogP contribution in [-0.4, -0.2) is 57.6 Å². The monoisotopic (exact) mass is 493 g/mol. The van der Waals surface area contributed by atoms with Gasteiger partial charge in [-0.3, -0.25) is 13.9 Å². The second kappa shape index (κ2) is 12.4. The number of hydrogen-bond acceptors (Lipinski definition) is 5. The summed E-state index contributed by atoms with van der Waals surface area (Å²) in [4.78, 5) is 27.1. The first-order chi connectivity index (χ1) is 16.1. The molecule has 0 saturated heterocycles. The van der Waals surface area contributed by atoms with Gasteiger partial charge in [0.15, 0.2) is 0 Å². The maximum Gasteiger partial charge on any atom is 0.242 e. The first kappa shape index (κ1) is 27.1. The quantitative estimate of drug-likeness (QED) is 0.491. The second-order valence-electron chi connectivity index (χ2n) is 7.86. The van der Waals surface area contributed by atoms with Crippen LogP contribution in [0, 0.1) is 5.82 Å². The van der Waals surface area contributed by atoms with Crippen LogP contribution in [0.25, 0.3) is 0 Å². The minimum atomic E-state index is -3.63. The fraction of sp³-hybridized carbons (Fsp3) is 0.417. The second-order valence-corrected chi connectivity index (χ2v) is 9.77. The fourth-order valence-electron chi connectivity index (χ4n) is 3.48. The van der Waals surface area contributed by atoms with Crippen LogP contribution in [0.4, 0.5) is 10.1 Å². The van der Waals surface area contributed by atoms with E-state index in [1.807, 2.05) is 6.07 Å². The average molecular weight is 494 g/mol. The van der Waals surface area contributed by atoms with Crippen molar-refractivity contribution in [2.45, 2.75) is 39.3 Å². The van der Waals surface area contributed by atoms with Crippen molar-refractivity contribution < 1.29 is 27.1 Å². The van der Waals surface area contributed by atoms with Gasteiger partial charge in [-0.2, -0.15) is 0 Å². The van der Waals surface area contributed by atoms with E-state index in [2.05, 4.69) is 5.32 Å². The summed E-state index contributed by atoms with van der Waals surface area (Å²) in [6.07, 6.45) is 1.31. The molecule has 0 saturated carbocycles. The first-order valence-electron chi connectivity index (χ1n) is 11.0. The van der Waals surface area contributed by atoms with Gasteiger partial charge in [-0.25, -0.2) is 12.8 Å². The molecule has 10 heteroatoms. The number of halogens is 1. The summed E-state index contributed by atoms with van der Waals surface area (Å²) >= 11 is 0. The van der Waals surface area contributed by atoms with Crippen LogP contribution < -0.4 is 14.4 Å². The van der Waals surface area contributed by atoms with E-state index in [9.17, 15) is 22.4 Å². The van der Waals surface area contributed by atoms with Crippen molar-refractivity contribution in [3.63, 3.8) is 0 Å². The van der Waals surface area contributed by atoms with Crippen LogP contribution in [0.15, 0.2) is 48.5 Å². The molecule has 0 spiro atoms. The van der Waals surface area contributed by atoms with E-state index in [1.165, 1.54) is 29.2 Å². The summed E-state index contributed by atoms with van der Waals surface area (Å²) in [5.41, 5.74) is 1.12. The van der Waals surface area contributed by atoms with Crippen molar-refractivity contribution in [2.24, 2.45) is 0 Å². The SMILES string of the molecule is CCNC(=O)C(C)N(Cc1cccc(OC)c1)C(=O)CCCN(c1ccc(F)cc1)S(C)(=O)=O. The van der Waals surface area contributed by atoms with Gasteiger partial charge in [0.05, 0.1) is 19.1 Å². The number of likely N-dealkylation sites (N-methyl/N-ethyl adjacent to an activating group) is 1. The number of carbonyl (C=O) groups excluding carboxylic acids is 2.